The molecule has 0 saturated heterocycles. The van der Waals surface area contributed by atoms with E-state index in [1.54, 1.807) is 6.07 Å². The number of benzene rings is 1. The van der Waals surface area contributed by atoms with E-state index in [4.69, 9.17) is 10.4 Å². The molecule has 0 amide bonds. The normalized spacial score (nSPS) is 12.8. The average molecular weight is 290 g/mol. The summed E-state index contributed by atoms with van der Waals surface area (Å²) >= 11 is 0. The predicted octanol–water partition coefficient (Wildman–Crippen LogP) is 2.84. The van der Waals surface area contributed by atoms with Crippen LogP contribution in [0.2, 0.25) is 0 Å². The maximum atomic E-state index is 13.8. The Morgan fingerprint density at radius 1 is 1.40 bits per heavy atom. The largest absolute Gasteiger partial charge is 0.405 e. The number of anilines is 1. The zero-order valence-corrected chi connectivity index (χ0v) is 10.8. The van der Waals surface area contributed by atoms with E-state index in [1.165, 1.54) is 13.0 Å². The van der Waals surface area contributed by atoms with Crippen molar-refractivity contribution in [2.45, 2.75) is 25.6 Å². The van der Waals surface area contributed by atoms with E-state index in [9.17, 15) is 17.6 Å². The van der Waals surface area contributed by atoms with E-state index in [0.717, 1.165) is 17.0 Å². The Hall–Kier alpha value is -1.81. The Morgan fingerprint density at radius 3 is 2.50 bits per heavy atom. The van der Waals surface area contributed by atoms with Crippen molar-refractivity contribution in [1.29, 1.82) is 5.26 Å². The summed E-state index contributed by atoms with van der Waals surface area (Å²) in [6, 6.07) is 4.32. The number of hydrogen-bond acceptors (Lipinski definition) is 3. The molecule has 1 rings (SSSR count). The van der Waals surface area contributed by atoms with E-state index in [1.807, 2.05) is 0 Å². The van der Waals surface area contributed by atoms with Crippen LogP contribution in [0, 0.1) is 17.1 Å². The lowest BCUT2D eigenvalue weighted by atomic mass is 10.1. The van der Waals surface area contributed by atoms with Crippen molar-refractivity contribution in [3.8, 4) is 6.07 Å². The van der Waals surface area contributed by atoms with Crippen LogP contribution in [0.25, 0.3) is 0 Å². The Labute approximate surface area is 114 Å². The van der Waals surface area contributed by atoms with E-state index in [2.05, 4.69) is 0 Å². The van der Waals surface area contributed by atoms with Gasteiger partial charge < -0.3 is 10.0 Å². The summed E-state index contributed by atoms with van der Waals surface area (Å²) < 4.78 is 51.6. The molecule has 1 aromatic rings. The third kappa shape index (κ3) is 4.38. The SMILES string of the molecule is CC(CCO)N(CC(F)(F)F)c1ccc(C#N)cc1F. The first-order valence-electron chi connectivity index (χ1n) is 5.92. The summed E-state index contributed by atoms with van der Waals surface area (Å²) in [4.78, 5) is 0.840. The Bertz CT molecular complexity index is 496. The Balaban J connectivity index is 3.13. The highest BCUT2D eigenvalue weighted by Gasteiger charge is 2.33. The van der Waals surface area contributed by atoms with Gasteiger partial charge in [0.05, 0.1) is 17.3 Å². The highest BCUT2D eigenvalue weighted by atomic mass is 19.4. The third-order valence-electron chi connectivity index (χ3n) is 2.81. The van der Waals surface area contributed by atoms with Gasteiger partial charge in [0.2, 0.25) is 0 Å². The van der Waals surface area contributed by atoms with Crippen molar-refractivity contribution >= 4 is 5.69 Å². The van der Waals surface area contributed by atoms with Crippen molar-refractivity contribution < 1.29 is 22.7 Å². The maximum absolute atomic E-state index is 13.8. The molecule has 0 bridgehead atoms. The second-order valence-electron chi connectivity index (χ2n) is 4.38. The molecule has 0 fully saturated rings. The van der Waals surface area contributed by atoms with Gasteiger partial charge in [0, 0.05) is 12.6 Å². The number of aliphatic hydroxyl groups is 1. The summed E-state index contributed by atoms with van der Waals surface area (Å²) in [5, 5.41) is 17.5. The number of aliphatic hydroxyl groups excluding tert-OH is 1. The van der Waals surface area contributed by atoms with Crippen LogP contribution in [0.5, 0.6) is 0 Å². The van der Waals surface area contributed by atoms with Crippen molar-refractivity contribution in [3.05, 3.63) is 29.6 Å². The fourth-order valence-electron chi connectivity index (χ4n) is 1.82. The summed E-state index contributed by atoms with van der Waals surface area (Å²) in [6.45, 7) is -0.149. The number of nitriles is 1. The summed E-state index contributed by atoms with van der Waals surface area (Å²) in [5.41, 5.74) is -0.199. The minimum atomic E-state index is -4.50. The Morgan fingerprint density at radius 2 is 2.05 bits per heavy atom. The molecular weight excluding hydrogens is 276 g/mol. The van der Waals surface area contributed by atoms with Crippen LogP contribution >= 0.6 is 0 Å². The van der Waals surface area contributed by atoms with Crippen LogP contribution in [0.3, 0.4) is 0 Å². The zero-order chi connectivity index (χ0) is 15.3. The third-order valence-corrected chi connectivity index (χ3v) is 2.81. The van der Waals surface area contributed by atoms with Gasteiger partial charge in [-0.3, -0.25) is 0 Å². The summed E-state index contributed by atoms with van der Waals surface area (Å²) in [7, 11) is 0. The van der Waals surface area contributed by atoms with E-state index in [-0.39, 0.29) is 24.3 Å². The minimum absolute atomic E-state index is 0.0352. The highest BCUT2D eigenvalue weighted by Crippen LogP contribution is 2.27. The molecule has 1 atom stereocenters. The molecular formula is C13H14F4N2O. The van der Waals surface area contributed by atoms with Gasteiger partial charge in [0.15, 0.2) is 0 Å². The van der Waals surface area contributed by atoms with Crippen LogP contribution in [0.15, 0.2) is 18.2 Å². The van der Waals surface area contributed by atoms with Gasteiger partial charge in [-0.05, 0) is 31.5 Å². The molecule has 20 heavy (non-hydrogen) atoms. The van der Waals surface area contributed by atoms with Crippen molar-refractivity contribution in [1.82, 2.24) is 0 Å². The van der Waals surface area contributed by atoms with Gasteiger partial charge in [-0.1, -0.05) is 0 Å². The molecule has 0 heterocycles. The number of rotatable bonds is 5. The van der Waals surface area contributed by atoms with E-state index in [0.29, 0.717) is 0 Å². The molecule has 0 aliphatic carbocycles. The molecule has 1 unspecified atom stereocenters. The number of alkyl halides is 3. The van der Waals surface area contributed by atoms with Crippen LogP contribution in [-0.4, -0.2) is 30.5 Å². The van der Waals surface area contributed by atoms with Crippen molar-refractivity contribution in [3.63, 3.8) is 0 Å². The van der Waals surface area contributed by atoms with Crippen LogP contribution in [-0.2, 0) is 0 Å². The van der Waals surface area contributed by atoms with E-state index >= 15 is 0 Å². The maximum Gasteiger partial charge on any atom is 0.405 e. The number of halogens is 4. The van der Waals surface area contributed by atoms with Crippen molar-refractivity contribution in [2.24, 2.45) is 0 Å². The lowest BCUT2D eigenvalue weighted by molar-refractivity contribution is -0.120. The highest BCUT2D eigenvalue weighted by molar-refractivity contribution is 5.52. The van der Waals surface area contributed by atoms with Crippen LogP contribution in [0.4, 0.5) is 23.2 Å². The average Bonchev–Trinajstić information content (AvgIpc) is 2.35. The Kier molecular flexibility index (Phi) is 5.34. The molecule has 0 aromatic heterocycles. The van der Waals surface area contributed by atoms with Gasteiger partial charge in [-0.25, -0.2) is 4.39 Å². The molecule has 110 valence electrons. The van der Waals surface area contributed by atoms with Gasteiger partial charge in [-0.15, -0.1) is 0 Å². The molecule has 1 aromatic carbocycles. The standard InChI is InChI=1S/C13H14F4N2O/c1-9(4-5-20)19(8-13(15,16)17)12-3-2-10(7-18)6-11(12)14/h2-3,6,9,20H,4-5,8H2,1H3. The quantitative estimate of drug-likeness (QED) is 0.848. The first-order valence-corrected chi connectivity index (χ1v) is 5.92. The van der Waals surface area contributed by atoms with Crippen LogP contribution in [0.1, 0.15) is 18.9 Å². The smallest absolute Gasteiger partial charge is 0.396 e. The minimum Gasteiger partial charge on any atom is -0.396 e. The van der Waals surface area contributed by atoms with Crippen molar-refractivity contribution in [2.75, 3.05) is 18.1 Å². The fraction of sp³-hybridized carbons (Fsp3) is 0.462. The second-order valence-corrected chi connectivity index (χ2v) is 4.38. The first kappa shape index (κ1) is 16.2. The molecule has 0 aliphatic heterocycles. The number of hydrogen-bond donors (Lipinski definition) is 1. The second kappa shape index (κ2) is 6.57. The van der Waals surface area contributed by atoms with Gasteiger partial charge >= 0.3 is 6.18 Å². The monoisotopic (exact) mass is 290 g/mol. The zero-order valence-electron chi connectivity index (χ0n) is 10.8. The van der Waals surface area contributed by atoms with Gasteiger partial charge in [0.1, 0.15) is 12.4 Å². The molecule has 0 radical (unpaired) electrons. The van der Waals surface area contributed by atoms with Gasteiger partial charge in [-0.2, -0.15) is 18.4 Å². The molecule has 7 heteroatoms. The van der Waals surface area contributed by atoms with E-state index < -0.39 is 24.6 Å². The summed E-state index contributed by atoms with van der Waals surface area (Å²) in [6.07, 6.45) is -4.42. The lowest BCUT2D eigenvalue weighted by Gasteiger charge is -2.32. The summed E-state index contributed by atoms with van der Waals surface area (Å²) in [5.74, 6) is -0.891. The number of nitrogens with zero attached hydrogens (tertiary/aromatic N) is 2. The molecule has 0 spiro atoms. The lowest BCUT2D eigenvalue weighted by Crippen LogP contribution is -2.41. The predicted molar refractivity (Wildman–Crippen MR) is 65.7 cm³/mol. The first-order chi connectivity index (χ1) is 9.28. The molecule has 1 N–H and O–H groups in total. The molecule has 3 nitrogen and oxygen atoms in total. The topological polar surface area (TPSA) is 47.3 Å². The van der Waals surface area contributed by atoms with Crippen LogP contribution < -0.4 is 4.90 Å². The van der Waals surface area contributed by atoms with Gasteiger partial charge in [0.25, 0.3) is 0 Å². The molecule has 0 saturated carbocycles. The fourth-order valence-corrected chi connectivity index (χ4v) is 1.82. The molecule has 0 aliphatic rings.